The van der Waals surface area contributed by atoms with Gasteiger partial charge in [-0.05, 0) is 38.1 Å². The van der Waals surface area contributed by atoms with Crippen LogP contribution >= 0.6 is 23.4 Å². The predicted octanol–water partition coefficient (Wildman–Crippen LogP) is 4.01. The van der Waals surface area contributed by atoms with Crippen LogP contribution in [0.1, 0.15) is 12.5 Å². The van der Waals surface area contributed by atoms with Gasteiger partial charge < -0.3 is 5.32 Å². The van der Waals surface area contributed by atoms with Crippen LogP contribution in [0.4, 0.5) is 5.69 Å². The van der Waals surface area contributed by atoms with E-state index in [1.54, 1.807) is 38.2 Å². The van der Waals surface area contributed by atoms with E-state index in [4.69, 9.17) is 11.6 Å². The second-order valence-corrected chi connectivity index (χ2v) is 7.72. The normalized spacial score (nSPS) is 12.2. The van der Waals surface area contributed by atoms with Gasteiger partial charge in [0.15, 0.2) is 5.16 Å². The molecule has 0 fully saturated rings. The second kappa shape index (κ2) is 7.51. The summed E-state index contributed by atoms with van der Waals surface area (Å²) in [6, 6.07) is 12.6. The largest absolute Gasteiger partial charge is 0.324 e. The summed E-state index contributed by atoms with van der Waals surface area (Å²) >= 11 is 7.31. The number of rotatable bonds is 4. The molecule has 7 heteroatoms. The van der Waals surface area contributed by atoms with E-state index in [0.717, 1.165) is 5.56 Å². The van der Waals surface area contributed by atoms with Gasteiger partial charge in [-0.25, -0.2) is 4.98 Å². The van der Waals surface area contributed by atoms with Crippen molar-refractivity contribution in [2.45, 2.75) is 24.3 Å². The zero-order valence-electron chi connectivity index (χ0n) is 14.6. The maximum absolute atomic E-state index is 12.6. The first-order chi connectivity index (χ1) is 12.4. The third kappa shape index (κ3) is 3.76. The van der Waals surface area contributed by atoms with Gasteiger partial charge in [-0.15, -0.1) is 0 Å². The van der Waals surface area contributed by atoms with E-state index in [1.807, 2.05) is 25.1 Å². The fourth-order valence-corrected chi connectivity index (χ4v) is 3.54. The number of nitrogens with zero attached hydrogens (tertiary/aromatic N) is 2. The Morgan fingerprint density at radius 1 is 1.27 bits per heavy atom. The molecular weight excluding hydrogens is 370 g/mol. The summed E-state index contributed by atoms with van der Waals surface area (Å²) in [6.45, 7) is 3.70. The first-order valence-electron chi connectivity index (χ1n) is 8.06. The summed E-state index contributed by atoms with van der Waals surface area (Å²) in [6.07, 6.45) is 0. The van der Waals surface area contributed by atoms with E-state index in [9.17, 15) is 9.59 Å². The predicted molar refractivity (Wildman–Crippen MR) is 107 cm³/mol. The Morgan fingerprint density at radius 3 is 2.73 bits per heavy atom. The first-order valence-corrected chi connectivity index (χ1v) is 9.32. The minimum Gasteiger partial charge on any atom is -0.324 e. The first kappa shape index (κ1) is 18.5. The molecule has 0 saturated heterocycles. The van der Waals surface area contributed by atoms with Crippen molar-refractivity contribution in [1.82, 2.24) is 9.55 Å². The second-order valence-electron chi connectivity index (χ2n) is 6.01. The van der Waals surface area contributed by atoms with E-state index in [0.29, 0.717) is 26.8 Å². The number of benzene rings is 2. The standard InChI is InChI=1S/C19H18ClN3O2S/c1-11-8-9-15-13(10-11)18(25)23(3)19(22-15)26-12(2)17(24)21-16-7-5-4-6-14(16)20/h4-10,12H,1-3H3,(H,21,24)/t12-/m1/s1. The third-order valence-electron chi connectivity index (χ3n) is 3.97. The van der Waals surface area contributed by atoms with E-state index in [2.05, 4.69) is 10.3 Å². The molecule has 0 unspecified atom stereocenters. The number of para-hydroxylation sites is 1. The molecule has 3 aromatic rings. The fourth-order valence-electron chi connectivity index (χ4n) is 2.48. The molecule has 5 nitrogen and oxygen atoms in total. The van der Waals surface area contributed by atoms with Crippen LogP contribution in [0.3, 0.4) is 0 Å². The molecule has 0 aliphatic carbocycles. The highest BCUT2D eigenvalue weighted by molar-refractivity contribution is 8.00. The monoisotopic (exact) mass is 387 g/mol. The van der Waals surface area contributed by atoms with Gasteiger partial charge in [-0.1, -0.05) is 47.1 Å². The highest BCUT2D eigenvalue weighted by Gasteiger charge is 2.19. The minimum atomic E-state index is -0.452. The van der Waals surface area contributed by atoms with Crippen molar-refractivity contribution in [3.8, 4) is 0 Å². The van der Waals surface area contributed by atoms with Crippen molar-refractivity contribution in [3.63, 3.8) is 0 Å². The summed E-state index contributed by atoms with van der Waals surface area (Å²) in [7, 11) is 1.66. The van der Waals surface area contributed by atoms with Crippen LogP contribution in [-0.4, -0.2) is 20.7 Å². The Morgan fingerprint density at radius 2 is 2.00 bits per heavy atom. The summed E-state index contributed by atoms with van der Waals surface area (Å²) < 4.78 is 1.48. The number of hydrogen-bond donors (Lipinski definition) is 1. The summed E-state index contributed by atoms with van der Waals surface area (Å²) in [4.78, 5) is 29.6. The Balaban J connectivity index is 1.85. The summed E-state index contributed by atoms with van der Waals surface area (Å²) in [5.41, 5.74) is 2.06. The highest BCUT2D eigenvalue weighted by atomic mass is 35.5. The lowest BCUT2D eigenvalue weighted by atomic mass is 10.2. The number of halogens is 1. The summed E-state index contributed by atoms with van der Waals surface area (Å²) in [5, 5.41) is 3.89. The highest BCUT2D eigenvalue weighted by Crippen LogP contribution is 2.25. The van der Waals surface area contributed by atoms with Gasteiger partial charge in [0.1, 0.15) is 0 Å². The fraction of sp³-hybridized carbons (Fsp3) is 0.211. The molecule has 26 heavy (non-hydrogen) atoms. The van der Waals surface area contributed by atoms with Gasteiger partial charge >= 0.3 is 0 Å². The number of anilines is 1. The number of amides is 1. The summed E-state index contributed by atoms with van der Waals surface area (Å²) in [5.74, 6) is -0.207. The number of aromatic nitrogens is 2. The lowest BCUT2D eigenvalue weighted by Crippen LogP contribution is -2.25. The lowest BCUT2D eigenvalue weighted by Gasteiger charge is -2.14. The van der Waals surface area contributed by atoms with Crippen molar-refractivity contribution in [2.24, 2.45) is 7.05 Å². The quantitative estimate of drug-likeness (QED) is 0.542. The van der Waals surface area contributed by atoms with Gasteiger partial charge in [-0.2, -0.15) is 0 Å². The van der Waals surface area contributed by atoms with Crippen molar-refractivity contribution >= 4 is 45.9 Å². The van der Waals surface area contributed by atoms with Crippen LogP contribution in [0, 0.1) is 6.92 Å². The molecule has 1 heterocycles. The van der Waals surface area contributed by atoms with Crippen molar-refractivity contribution < 1.29 is 4.79 Å². The molecule has 0 radical (unpaired) electrons. The smallest absolute Gasteiger partial charge is 0.261 e. The van der Waals surface area contributed by atoms with Crippen LogP contribution in [0.25, 0.3) is 10.9 Å². The molecule has 1 aromatic heterocycles. The lowest BCUT2D eigenvalue weighted by molar-refractivity contribution is -0.115. The van der Waals surface area contributed by atoms with Gasteiger partial charge in [-0.3, -0.25) is 14.2 Å². The topological polar surface area (TPSA) is 64.0 Å². The van der Waals surface area contributed by atoms with Crippen LogP contribution in [0.15, 0.2) is 52.4 Å². The average Bonchev–Trinajstić information content (AvgIpc) is 2.62. The van der Waals surface area contributed by atoms with Gasteiger partial charge in [0.05, 0.1) is 26.9 Å². The minimum absolute atomic E-state index is 0.125. The molecule has 0 saturated carbocycles. The molecular formula is C19H18ClN3O2S. The Labute approximate surface area is 160 Å². The number of fused-ring (bicyclic) bond motifs is 1. The average molecular weight is 388 g/mol. The van der Waals surface area contributed by atoms with Gasteiger partial charge in [0.25, 0.3) is 5.56 Å². The molecule has 0 aliphatic heterocycles. The number of nitrogens with one attached hydrogen (secondary N) is 1. The van der Waals surface area contributed by atoms with Crippen LogP contribution in [0.5, 0.6) is 0 Å². The number of hydrogen-bond acceptors (Lipinski definition) is 4. The number of aryl methyl sites for hydroxylation is 1. The zero-order chi connectivity index (χ0) is 18.8. The molecule has 0 aliphatic rings. The Bertz CT molecular complexity index is 1050. The number of thioether (sulfide) groups is 1. The maximum Gasteiger partial charge on any atom is 0.261 e. The van der Waals surface area contributed by atoms with Crippen LogP contribution in [-0.2, 0) is 11.8 Å². The zero-order valence-corrected chi connectivity index (χ0v) is 16.2. The Kier molecular flexibility index (Phi) is 5.34. The van der Waals surface area contributed by atoms with Crippen LogP contribution < -0.4 is 10.9 Å². The van der Waals surface area contributed by atoms with Crippen molar-refractivity contribution in [2.75, 3.05) is 5.32 Å². The molecule has 134 valence electrons. The van der Waals surface area contributed by atoms with E-state index in [-0.39, 0.29) is 11.5 Å². The SMILES string of the molecule is Cc1ccc2nc(S[C@H](C)C(=O)Nc3ccccc3Cl)n(C)c(=O)c2c1. The van der Waals surface area contributed by atoms with Crippen LogP contribution in [0.2, 0.25) is 5.02 Å². The molecule has 1 amide bonds. The van der Waals surface area contributed by atoms with Gasteiger partial charge in [0, 0.05) is 7.05 Å². The molecule has 0 spiro atoms. The van der Waals surface area contributed by atoms with E-state index in [1.165, 1.54) is 16.3 Å². The maximum atomic E-state index is 12.6. The molecule has 1 atom stereocenters. The molecule has 3 rings (SSSR count). The van der Waals surface area contributed by atoms with Crippen molar-refractivity contribution in [3.05, 3.63) is 63.4 Å². The molecule has 0 bridgehead atoms. The number of carbonyl (C=O) groups is 1. The van der Waals surface area contributed by atoms with Gasteiger partial charge in [0.2, 0.25) is 5.91 Å². The van der Waals surface area contributed by atoms with E-state index >= 15 is 0 Å². The molecule has 2 aromatic carbocycles. The Hall–Kier alpha value is -2.31. The van der Waals surface area contributed by atoms with Crippen molar-refractivity contribution in [1.29, 1.82) is 0 Å². The number of carbonyl (C=O) groups excluding carboxylic acids is 1. The third-order valence-corrected chi connectivity index (χ3v) is 5.45. The molecule has 1 N–H and O–H groups in total. The van der Waals surface area contributed by atoms with E-state index < -0.39 is 5.25 Å².